The van der Waals surface area contributed by atoms with Gasteiger partial charge in [0.05, 0.1) is 13.1 Å². The van der Waals surface area contributed by atoms with Gasteiger partial charge in [-0.3, -0.25) is 53.4 Å². The van der Waals surface area contributed by atoms with Crippen molar-refractivity contribution in [3.05, 3.63) is 77.1 Å². The number of pyridine rings is 1. The van der Waals surface area contributed by atoms with Gasteiger partial charge in [0, 0.05) is 37.6 Å². The Labute approximate surface area is 289 Å². The Morgan fingerprint density at radius 1 is 0.800 bits per heavy atom. The van der Waals surface area contributed by atoms with Crippen molar-refractivity contribution in [1.29, 1.82) is 0 Å². The van der Waals surface area contributed by atoms with Gasteiger partial charge in [0.1, 0.15) is 10.8 Å². The van der Waals surface area contributed by atoms with E-state index in [9.17, 15) is 38.4 Å². The van der Waals surface area contributed by atoms with Crippen LogP contribution in [-0.2, 0) is 19.2 Å². The monoisotopic (exact) mass is 681 g/mol. The lowest BCUT2D eigenvalue weighted by Gasteiger charge is -2.43. The zero-order valence-electron chi connectivity index (χ0n) is 28.5. The number of urea groups is 2. The fourth-order valence-corrected chi connectivity index (χ4v) is 7.93. The van der Waals surface area contributed by atoms with E-state index in [0.29, 0.717) is 31.3 Å². The van der Waals surface area contributed by atoms with Crippen LogP contribution < -0.4 is 0 Å². The van der Waals surface area contributed by atoms with Crippen LogP contribution in [0, 0.1) is 16.7 Å². The van der Waals surface area contributed by atoms with E-state index in [2.05, 4.69) is 4.98 Å². The minimum Gasteiger partial charge on any atom is -0.292 e. The Morgan fingerprint density at radius 3 is 2.08 bits per heavy atom. The average molecular weight is 682 g/mol. The number of hydrogen-bond acceptors (Lipinski definition) is 9. The van der Waals surface area contributed by atoms with Crippen molar-refractivity contribution in [2.24, 2.45) is 16.7 Å². The van der Waals surface area contributed by atoms with Gasteiger partial charge in [-0.1, -0.05) is 24.3 Å². The number of amides is 8. The van der Waals surface area contributed by atoms with Crippen molar-refractivity contribution in [2.45, 2.75) is 58.3 Å². The van der Waals surface area contributed by atoms with Gasteiger partial charge < -0.3 is 0 Å². The van der Waals surface area contributed by atoms with Crippen LogP contribution in [0.4, 0.5) is 9.59 Å². The van der Waals surface area contributed by atoms with Crippen molar-refractivity contribution in [3.8, 4) is 0 Å². The number of carbonyl (C=O) groups is 8. The van der Waals surface area contributed by atoms with Crippen LogP contribution >= 0.6 is 0 Å². The van der Waals surface area contributed by atoms with E-state index in [0.717, 1.165) is 38.0 Å². The van der Waals surface area contributed by atoms with E-state index >= 15 is 0 Å². The molecule has 8 amide bonds. The first-order valence-electron chi connectivity index (χ1n) is 16.7. The van der Waals surface area contributed by atoms with Crippen molar-refractivity contribution in [2.75, 3.05) is 27.2 Å². The van der Waals surface area contributed by atoms with Crippen LogP contribution in [0.25, 0.3) is 0 Å². The number of rotatable bonds is 9. The Hall–Kier alpha value is -5.33. The second-order valence-electron chi connectivity index (χ2n) is 13.9. The van der Waals surface area contributed by atoms with Gasteiger partial charge in [-0.25, -0.2) is 9.59 Å². The van der Waals surface area contributed by atoms with Crippen LogP contribution in [0.5, 0.6) is 0 Å². The molecule has 3 fully saturated rings. The summed E-state index contributed by atoms with van der Waals surface area (Å²) in [5.41, 5.74) is -1.20. The Kier molecular flexibility index (Phi) is 8.87. The number of barbiturate groups is 2. The lowest BCUT2D eigenvalue weighted by Crippen LogP contribution is -2.65. The largest absolute Gasteiger partial charge is 0.333 e. The summed E-state index contributed by atoms with van der Waals surface area (Å²) in [5, 5.41) is 0. The maximum atomic E-state index is 13.9. The predicted molar refractivity (Wildman–Crippen MR) is 177 cm³/mol. The van der Waals surface area contributed by atoms with Crippen LogP contribution in [-0.4, -0.2) is 99.0 Å². The molecule has 2 aliphatic carbocycles. The molecule has 1 aromatic carbocycles. The number of ketones is 2. The molecule has 1 saturated carbocycles. The molecule has 0 spiro atoms. The van der Waals surface area contributed by atoms with Crippen LogP contribution in [0.15, 0.2) is 60.4 Å². The fraction of sp³-hybridized carbons (Fsp3) is 0.432. The van der Waals surface area contributed by atoms with Gasteiger partial charge in [0.15, 0.2) is 11.6 Å². The molecule has 0 radical (unpaired) electrons. The molecule has 6 rings (SSSR count). The lowest BCUT2D eigenvalue weighted by atomic mass is 9.72. The molecule has 2 saturated heterocycles. The van der Waals surface area contributed by atoms with E-state index in [4.69, 9.17) is 0 Å². The first kappa shape index (κ1) is 34.5. The second kappa shape index (κ2) is 12.8. The molecular formula is C37H39N5O8. The highest BCUT2D eigenvalue weighted by Crippen LogP contribution is 2.49. The smallest absolute Gasteiger partial charge is 0.292 e. The van der Waals surface area contributed by atoms with Crippen LogP contribution in [0.2, 0.25) is 0 Å². The van der Waals surface area contributed by atoms with E-state index in [1.54, 1.807) is 24.3 Å². The first-order valence-corrected chi connectivity index (χ1v) is 16.7. The maximum absolute atomic E-state index is 13.9. The highest BCUT2D eigenvalue weighted by atomic mass is 16.2. The third-order valence-electron chi connectivity index (χ3n) is 11.1. The second-order valence-corrected chi connectivity index (χ2v) is 13.9. The van der Waals surface area contributed by atoms with Gasteiger partial charge in [-0.2, -0.15) is 0 Å². The summed E-state index contributed by atoms with van der Waals surface area (Å²) in [6, 6.07) is 8.24. The normalized spacial score (nSPS) is 27.4. The van der Waals surface area contributed by atoms with Gasteiger partial charge in [0.25, 0.3) is 5.91 Å². The van der Waals surface area contributed by atoms with Gasteiger partial charge in [-0.05, 0) is 93.5 Å². The van der Waals surface area contributed by atoms with E-state index in [1.807, 2.05) is 12.1 Å². The Bertz CT molecular complexity index is 1870. The average Bonchev–Trinajstić information content (AvgIpc) is 3.86. The summed E-state index contributed by atoms with van der Waals surface area (Å²) in [6.07, 6.45) is 8.29. The molecule has 13 heteroatoms. The summed E-state index contributed by atoms with van der Waals surface area (Å²) in [5.74, 6) is -4.24. The summed E-state index contributed by atoms with van der Waals surface area (Å²) in [4.78, 5) is 114. The topological polar surface area (TPSA) is 162 Å². The molecule has 0 bridgehead atoms. The molecule has 2 aromatic rings. The Balaban J connectivity index is 1.19. The first-order chi connectivity index (χ1) is 23.7. The van der Waals surface area contributed by atoms with E-state index < -0.39 is 77.1 Å². The highest BCUT2D eigenvalue weighted by Gasteiger charge is 2.59. The van der Waals surface area contributed by atoms with Gasteiger partial charge in [-0.15, -0.1) is 0 Å². The number of imide groups is 4. The number of aromatic nitrogens is 1. The van der Waals surface area contributed by atoms with E-state index in [-0.39, 0.29) is 17.0 Å². The summed E-state index contributed by atoms with van der Waals surface area (Å²) >= 11 is 0. The number of nitrogens with zero attached hydrogens (tertiary/aromatic N) is 5. The maximum Gasteiger partial charge on any atom is 0.333 e. The highest BCUT2D eigenvalue weighted by molar-refractivity contribution is 6.22. The van der Waals surface area contributed by atoms with Gasteiger partial charge >= 0.3 is 12.1 Å². The summed E-state index contributed by atoms with van der Waals surface area (Å²) in [7, 11) is 2.62. The molecule has 4 atom stereocenters. The molecule has 0 N–H and O–H groups in total. The standard InChI is InChI=1S/C37H39N5O8/c1-36(26-12-5-6-13-26)30(45)39(3)34(49)41(32(36)47)20-28(43)24-10-7-9-22(17-24)23-14-15-27(18-23)37(2)31(46)40(4)35(50)42(33(37)48)21-29(44)25-11-8-16-38-19-25/h7-12,16-17,19,23,27H,5-6,13-15,18,20-21H2,1-4H3. The zero-order valence-corrected chi connectivity index (χ0v) is 28.5. The molecule has 4 unspecified atom stereocenters. The number of hydrogen-bond donors (Lipinski definition) is 0. The molecule has 3 heterocycles. The minimum absolute atomic E-state index is 0.141. The van der Waals surface area contributed by atoms with Crippen molar-refractivity contribution >= 4 is 47.3 Å². The van der Waals surface area contributed by atoms with Crippen molar-refractivity contribution in [1.82, 2.24) is 24.6 Å². The molecule has 4 aliphatic rings. The van der Waals surface area contributed by atoms with Gasteiger partial charge in [0.2, 0.25) is 17.7 Å². The molecule has 13 nitrogen and oxygen atoms in total. The number of carbonyl (C=O) groups excluding carboxylic acids is 8. The summed E-state index contributed by atoms with van der Waals surface area (Å²) < 4.78 is 0. The Morgan fingerprint density at radius 2 is 1.44 bits per heavy atom. The fourth-order valence-electron chi connectivity index (χ4n) is 7.93. The molecule has 1 aromatic heterocycles. The zero-order chi connectivity index (χ0) is 36.1. The molecule has 2 aliphatic heterocycles. The number of benzene rings is 1. The minimum atomic E-state index is -1.60. The number of Topliss-reactive ketones (excluding diaryl/α,β-unsaturated/α-hetero) is 2. The lowest BCUT2D eigenvalue weighted by molar-refractivity contribution is -0.160. The SMILES string of the molecule is CN1C(=O)N(CC(=O)c2cccc(C3CCC(C4(C)C(=O)N(C)C(=O)N(CC(=O)c5cccnc5)C4=O)C3)c2)C(=O)C(C)(C2=CCCC2)C1=O. The molecule has 50 heavy (non-hydrogen) atoms. The number of allylic oxidation sites excluding steroid dienone is 1. The molecule has 260 valence electrons. The van der Waals surface area contributed by atoms with Crippen molar-refractivity contribution < 1.29 is 38.4 Å². The van der Waals surface area contributed by atoms with Crippen LogP contribution in [0.3, 0.4) is 0 Å². The summed E-state index contributed by atoms with van der Waals surface area (Å²) in [6.45, 7) is 1.97. The quantitative estimate of drug-likeness (QED) is 0.216. The molecular weight excluding hydrogens is 642 g/mol. The third kappa shape index (κ3) is 5.44. The third-order valence-corrected chi connectivity index (χ3v) is 11.1. The van der Waals surface area contributed by atoms with E-state index in [1.165, 1.54) is 46.4 Å². The van der Waals surface area contributed by atoms with Crippen molar-refractivity contribution in [3.63, 3.8) is 0 Å². The van der Waals surface area contributed by atoms with Crippen LogP contribution in [0.1, 0.15) is 84.6 Å². The predicted octanol–water partition coefficient (Wildman–Crippen LogP) is 4.00.